The van der Waals surface area contributed by atoms with Crippen LogP contribution in [0.15, 0.2) is 11.6 Å². The summed E-state index contributed by atoms with van der Waals surface area (Å²) in [6, 6.07) is 0. The van der Waals surface area contributed by atoms with Gasteiger partial charge in [0.1, 0.15) is 0 Å². The van der Waals surface area contributed by atoms with Crippen LogP contribution in [-0.2, 0) is 16.0 Å². The number of rotatable bonds is 2. The number of hydrogen-bond donors (Lipinski definition) is 0. The smallest absolute Gasteiger partial charge is 0.232 e. The van der Waals surface area contributed by atoms with E-state index in [1.807, 2.05) is 5.38 Å². The van der Waals surface area contributed by atoms with E-state index in [2.05, 4.69) is 4.98 Å². The van der Waals surface area contributed by atoms with Crippen molar-refractivity contribution in [2.75, 3.05) is 7.05 Å². The molecule has 1 fully saturated rings. The molecule has 1 aromatic rings. The summed E-state index contributed by atoms with van der Waals surface area (Å²) in [5, 5.41) is 2.80. The summed E-state index contributed by atoms with van der Waals surface area (Å²) < 4.78 is 0. The number of nitrogens with zero attached hydrogens (tertiary/aromatic N) is 2. The highest BCUT2D eigenvalue weighted by Gasteiger charge is 2.36. The van der Waals surface area contributed by atoms with E-state index in [9.17, 15) is 9.59 Å². The Balaban J connectivity index is 2.07. The van der Waals surface area contributed by atoms with Crippen molar-refractivity contribution in [2.24, 2.45) is 5.92 Å². The molecule has 0 N–H and O–H groups in total. The standard InChI is InChI=1S/C9H10N2O2S/c1-11-8(12)5-6(9(11)13)4-7-10-2-3-14-7/h2-3,6H,4-5H2,1H3. The molecule has 0 saturated carbocycles. The Bertz CT molecular complexity index is 361. The number of imide groups is 1. The summed E-state index contributed by atoms with van der Waals surface area (Å²) in [6.07, 6.45) is 2.63. The van der Waals surface area contributed by atoms with Crippen molar-refractivity contribution >= 4 is 23.2 Å². The van der Waals surface area contributed by atoms with E-state index in [-0.39, 0.29) is 17.7 Å². The van der Waals surface area contributed by atoms with Crippen molar-refractivity contribution < 1.29 is 9.59 Å². The Kier molecular flexibility index (Phi) is 2.33. The average Bonchev–Trinajstić information content (AvgIpc) is 2.73. The van der Waals surface area contributed by atoms with Crippen LogP contribution in [0.1, 0.15) is 11.4 Å². The summed E-state index contributed by atoms with van der Waals surface area (Å²) >= 11 is 1.52. The van der Waals surface area contributed by atoms with Crippen molar-refractivity contribution in [1.82, 2.24) is 9.88 Å². The molecule has 0 aliphatic carbocycles. The molecule has 1 saturated heterocycles. The first-order chi connectivity index (χ1) is 6.68. The van der Waals surface area contributed by atoms with Gasteiger partial charge in [0.05, 0.1) is 10.9 Å². The first kappa shape index (κ1) is 9.33. The van der Waals surface area contributed by atoms with Crippen LogP contribution in [0.5, 0.6) is 0 Å². The van der Waals surface area contributed by atoms with Crippen LogP contribution in [0.3, 0.4) is 0 Å². The molecular formula is C9H10N2O2S. The highest BCUT2D eigenvalue weighted by atomic mass is 32.1. The van der Waals surface area contributed by atoms with Crippen LogP contribution in [0.4, 0.5) is 0 Å². The lowest BCUT2D eigenvalue weighted by Crippen LogP contribution is -2.26. The van der Waals surface area contributed by atoms with Gasteiger partial charge in [0.25, 0.3) is 0 Å². The molecule has 1 atom stereocenters. The Morgan fingerprint density at radius 3 is 2.93 bits per heavy atom. The molecule has 74 valence electrons. The number of hydrogen-bond acceptors (Lipinski definition) is 4. The van der Waals surface area contributed by atoms with Gasteiger partial charge in [-0.2, -0.15) is 0 Å². The summed E-state index contributed by atoms with van der Waals surface area (Å²) in [7, 11) is 1.53. The second kappa shape index (κ2) is 3.49. The van der Waals surface area contributed by atoms with Gasteiger partial charge in [0.15, 0.2) is 0 Å². The second-order valence-corrected chi connectivity index (χ2v) is 4.30. The van der Waals surface area contributed by atoms with Gasteiger partial charge in [-0.25, -0.2) is 4.98 Å². The molecule has 1 aliphatic rings. The summed E-state index contributed by atoms with van der Waals surface area (Å²) in [4.78, 5) is 28.0. The van der Waals surface area contributed by atoms with Gasteiger partial charge < -0.3 is 0 Å². The Morgan fingerprint density at radius 1 is 1.64 bits per heavy atom. The van der Waals surface area contributed by atoms with Gasteiger partial charge in [0, 0.05) is 31.5 Å². The predicted molar refractivity (Wildman–Crippen MR) is 51.7 cm³/mol. The molecule has 1 aliphatic heterocycles. The van der Waals surface area contributed by atoms with Gasteiger partial charge in [0.2, 0.25) is 11.8 Å². The van der Waals surface area contributed by atoms with Crippen LogP contribution in [0.2, 0.25) is 0 Å². The minimum Gasteiger partial charge on any atom is -0.285 e. The van der Waals surface area contributed by atoms with E-state index in [0.29, 0.717) is 12.8 Å². The third-order valence-corrected chi connectivity index (χ3v) is 3.18. The summed E-state index contributed by atoms with van der Waals surface area (Å²) in [6.45, 7) is 0. The molecule has 0 radical (unpaired) electrons. The number of likely N-dealkylation sites (tertiary alicyclic amines) is 1. The number of thiazole rings is 1. The van der Waals surface area contributed by atoms with Gasteiger partial charge in [-0.15, -0.1) is 11.3 Å². The van der Waals surface area contributed by atoms with Gasteiger partial charge in [-0.05, 0) is 0 Å². The lowest BCUT2D eigenvalue weighted by atomic mass is 10.0. The topological polar surface area (TPSA) is 50.3 Å². The molecule has 2 rings (SSSR count). The summed E-state index contributed by atoms with van der Waals surface area (Å²) in [5.41, 5.74) is 0. The molecule has 4 nitrogen and oxygen atoms in total. The third-order valence-electron chi connectivity index (χ3n) is 2.38. The van der Waals surface area contributed by atoms with Crippen molar-refractivity contribution in [3.63, 3.8) is 0 Å². The molecule has 1 aromatic heterocycles. The SMILES string of the molecule is CN1C(=O)CC(Cc2nccs2)C1=O. The van der Waals surface area contributed by atoms with Gasteiger partial charge in [-0.1, -0.05) is 0 Å². The molecule has 2 amide bonds. The fourth-order valence-electron chi connectivity index (χ4n) is 1.56. The van der Waals surface area contributed by atoms with Crippen molar-refractivity contribution in [3.8, 4) is 0 Å². The zero-order valence-corrected chi connectivity index (χ0v) is 8.58. The van der Waals surface area contributed by atoms with Crippen molar-refractivity contribution in [1.29, 1.82) is 0 Å². The fraction of sp³-hybridized carbons (Fsp3) is 0.444. The molecule has 5 heteroatoms. The van der Waals surface area contributed by atoms with Crippen molar-refractivity contribution in [3.05, 3.63) is 16.6 Å². The quantitative estimate of drug-likeness (QED) is 0.675. The van der Waals surface area contributed by atoms with Crippen LogP contribution in [0.25, 0.3) is 0 Å². The second-order valence-electron chi connectivity index (χ2n) is 3.32. The first-order valence-corrected chi connectivity index (χ1v) is 5.25. The van der Waals surface area contributed by atoms with Crippen LogP contribution >= 0.6 is 11.3 Å². The van der Waals surface area contributed by atoms with E-state index in [1.165, 1.54) is 23.3 Å². The van der Waals surface area contributed by atoms with Gasteiger partial charge in [-0.3, -0.25) is 14.5 Å². The average molecular weight is 210 g/mol. The molecular weight excluding hydrogens is 200 g/mol. The minimum atomic E-state index is -0.196. The van der Waals surface area contributed by atoms with E-state index < -0.39 is 0 Å². The number of carbonyl (C=O) groups excluding carboxylic acids is 2. The Hall–Kier alpha value is -1.23. The van der Waals surface area contributed by atoms with Crippen LogP contribution < -0.4 is 0 Å². The van der Waals surface area contributed by atoms with Crippen LogP contribution in [0, 0.1) is 5.92 Å². The highest BCUT2D eigenvalue weighted by molar-refractivity contribution is 7.09. The first-order valence-electron chi connectivity index (χ1n) is 4.37. The zero-order chi connectivity index (χ0) is 10.1. The maximum atomic E-state index is 11.5. The largest absolute Gasteiger partial charge is 0.285 e. The number of carbonyl (C=O) groups is 2. The van der Waals surface area contributed by atoms with E-state index >= 15 is 0 Å². The number of amides is 2. The molecule has 2 heterocycles. The molecule has 0 aromatic carbocycles. The normalized spacial score (nSPS) is 22.1. The van der Waals surface area contributed by atoms with Crippen LogP contribution in [-0.4, -0.2) is 28.7 Å². The predicted octanol–water partition coefficient (Wildman–Crippen LogP) is 0.691. The minimum absolute atomic E-state index is 0.0785. The maximum absolute atomic E-state index is 11.5. The Morgan fingerprint density at radius 2 is 2.43 bits per heavy atom. The molecule has 1 unspecified atom stereocenters. The molecule has 0 spiro atoms. The lowest BCUT2D eigenvalue weighted by Gasteiger charge is -2.06. The third kappa shape index (κ3) is 1.55. The Labute approximate surface area is 85.6 Å². The monoisotopic (exact) mass is 210 g/mol. The zero-order valence-electron chi connectivity index (χ0n) is 7.77. The molecule has 14 heavy (non-hydrogen) atoms. The maximum Gasteiger partial charge on any atom is 0.232 e. The van der Waals surface area contributed by atoms with E-state index in [0.717, 1.165) is 5.01 Å². The lowest BCUT2D eigenvalue weighted by molar-refractivity contribution is -0.137. The van der Waals surface area contributed by atoms with Crippen molar-refractivity contribution in [2.45, 2.75) is 12.8 Å². The van der Waals surface area contributed by atoms with Gasteiger partial charge >= 0.3 is 0 Å². The highest BCUT2D eigenvalue weighted by Crippen LogP contribution is 2.22. The number of aromatic nitrogens is 1. The summed E-state index contributed by atoms with van der Waals surface area (Å²) in [5.74, 6) is -0.361. The van der Waals surface area contributed by atoms with E-state index in [1.54, 1.807) is 6.20 Å². The van der Waals surface area contributed by atoms with E-state index in [4.69, 9.17) is 0 Å². The molecule has 0 bridgehead atoms. The fourth-order valence-corrected chi connectivity index (χ4v) is 2.25.